The number of methoxy groups -OCH3 is 1. The summed E-state index contributed by atoms with van der Waals surface area (Å²) in [5.41, 5.74) is 2.95. The Morgan fingerprint density at radius 2 is 1.78 bits per heavy atom. The molecule has 0 radical (unpaired) electrons. The number of benzene rings is 2. The summed E-state index contributed by atoms with van der Waals surface area (Å²) in [7, 11) is 1.35. The smallest absolute Gasteiger partial charge is 0.337 e. The SMILES string of the molecule is COC(=O)c1ccc(/C=C/c2cc(=O)c3ccccc3[nH]2)cc1. The predicted molar refractivity (Wildman–Crippen MR) is 91.3 cm³/mol. The summed E-state index contributed by atoms with van der Waals surface area (Å²) in [6.45, 7) is 0. The van der Waals surface area contributed by atoms with E-state index < -0.39 is 0 Å². The molecule has 0 aliphatic carbocycles. The summed E-state index contributed by atoms with van der Waals surface area (Å²) >= 11 is 0. The molecule has 2 aromatic carbocycles. The molecule has 4 heteroatoms. The minimum absolute atomic E-state index is 0.0139. The standard InChI is InChI=1S/C19H15NO3/c1-23-19(22)14-9-6-13(7-10-14)8-11-15-12-18(21)16-4-2-3-5-17(16)20-15/h2-12H,1H3,(H,20,21)/b11-8+. The summed E-state index contributed by atoms with van der Waals surface area (Å²) in [4.78, 5) is 26.7. The highest BCUT2D eigenvalue weighted by Crippen LogP contribution is 2.11. The van der Waals surface area contributed by atoms with Crippen LogP contribution < -0.4 is 5.43 Å². The molecule has 0 fully saturated rings. The molecule has 0 unspecified atom stereocenters. The van der Waals surface area contributed by atoms with Crippen LogP contribution in [0, 0.1) is 0 Å². The number of carbonyl (C=O) groups is 1. The van der Waals surface area contributed by atoms with Gasteiger partial charge < -0.3 is 9.72 Å². The summed E-state index contributed by atoms with van der Waals surface area (Å²) in [5, 5.41) is 0.673. The number of aromatic nitrogens is 1. The van der Waals surface area contributed by atoms with Crippen LogP contribution in [0.25, 0.3) is 23.1 Å². The molecular weight excluding hydrogens is 290 g/mol. The van der Waals surface area contributed by atoms with Crippen molar-refractivity contribution in [3.8, 4) is 0 Å². The van der Waals surface area contributed by atoms with Gasteiger partial charge in [-0.15, -0.1) is 0 Å². The molecule has 0 spiro atoms. The van der Waals surface area contributed by atoms with Crippen molar-refractivity contribution < 1.29 is 9.53 Å². The lowest BCUT2D eigenvalue weighted by atomic mass is 10.1. The van der Waals surface area contributed by atoms with Crippen molar-refractivity contribution >= 4 is 29.0 Å². The van der Waals surface area contributed by atoms with Gasteiger partial charge in [-0.25, -0.2) is 4.79 Å². The first-order valence-corrected chi connectivity index (χ1v) is 7.16. The van der Waals surface area contributed by atoms with Crippen molar-refractivity contribution in [3.05, 3.63) is 81.6 Å². The van der Waals surface area contributed by atoms with E-state index in [1.54, 1.807) is 24.3 Å². The normalized spacial score (nSPS) is 11.0. The predicted octanol–water partition coefficient (Wildman–Crippen LogP) is 3.49. The van der Waals surface area contributed by atoms with E-state index in [1.165, 1.54) is 7.11 Å². The highest BCUT2D eigenvalue weighted by Gasteiger charge is 2.03. The van der Waals surface area contributed by atoms with Gasteiger partial charge in [0.05, 0.1) is 12.7 Å². The molecule has 114 valence electrons. The molecule has 1 N–H and O–H groups in total. The van der Waals surface area contributed by atoms with E-state index in [9.17, 15) is 9.59 Å². The Balaban J connectivity index is 1.88. The quantitative estimate of drug-likeness (QED) is 0.754. The number of rotatable bonds is 3. The number of nitrogens with one attached hydrogen (secondary N) is 1. The molecule has 1 aromatic heterocycles. The Bertz CT molecular complexity index is 937. The van der Waals surface area contributed by atoms with E-state index in [2.05, 4.69) is 9.72 Å². The largest absolute Gasteiger partial charge is 0.465 e. The molecule has 1 heterocycles. The first-order valence-electron chi connectivity index (χ1n) is 7.16. The Kier molecular flexibility index (Phi) is 4.06. The zero-order chi connectivity index (χ0) is 16.2. The van der Waals surface area contributed by atoms with E-state index in [0.29, 0.717) is 10.9 Å². The van der Waals surface area contributed by atoms with Crippen molar-refractivity contribution in [2.24, 2.45) is 0 Å². The molecule has 0 amide bonds. The third-order valence-corrected chi connectivity index (χ3v) is 3.55. The number of carbonyl (C=O) groups excluding carboxylic acids is 1. The Hall–Kier alpha value is -3.14. The van der Waals surface area contributed by atoms with Gasteiger partial charge in [0.25, 0.3) is 0 Å². The summed E-state index contributed by atoms with van der Waals surface area (Å²) < 4.78 is 4.66. The van der Waals surface area contributed by atoms with Crippen molar-refractivity contribution in [2.45, 2.75) is 0 Å². The van der Waals surface area contributed by atoms with Crippen molar-refractivity contribution in [1.82, 2.24) is 4.98 Å². The van der Waals surface area contributed by atoms with Gasteiger partial charge in [-0.3, -0.25) is 4.79 Å². The monoisotopic (exact) mass is 305 g/mol. The molecule has 0 bridgehead atoms. The van der Waals surface area contributed by atoms with Gasteiger partial charge in [0, 0.05) is 22.7 Å². The second kappa shape index (κ2) is 6.32. The lowest BCUT2D eigenvalue weighted by Crippen LogP contribution is -2.02. The number of hydrogen-bond donors (Lipinski definition) is 1. The van der Waals surface area contributed by atoms with Gasteiger partial charge in [-0.1, -0.05) is 30.3 Å². The minimum atomic E-state index is -0.362. The van der Waals surface area contributed by atoms with Gasteiger partial charge in [-0.2, -0.15) is 0 Å². The number of hydrogen-bond acceptors (Lipinski definition) is 3. The van der Waals surface area contributed by atoms with Crippen LogP contribution in [-0.2, 0) is 4.74 Å². The Morgan fingerprint density at radius 1 is 1.04 bits per heavy atom. The van der Waals surface area contributed by atoms with Gasteiger partial charge in [0.1, 0.15) is 0 Å². The fourth-order valence-electron chi connectivity index (χ4n) is 2.34. The van der Waals surface area contributed by atoms with E-state index in [1.807, 2.05) is 42.5 Å². The number of pyridine rings is 1. The van der Waals surface area contributed by atoms with E-state index in [0.717, 1.165) is 16.8 Å². The van der Waals surface area contributed by atoms with E-state index >= 15 is 0 Å². The number of fused-ring (bicyclic) bond motifs is 1. The van der Waals surface area contributed by atoms with E-state index in [4.69, 9.17) is 0 Å². The van der Waals surface area contributed by atoms with Crippen molar-refractivity contribution in [3.63, 3.8) is 0 Å². The number of H-pyrrole nitrogens is 1. The average Bonchev–Trinajstić information content (AvgIpc) is 2.60. The molecular formula is C19H15NO3. The number of esters is 1. The third-order valence-electron chi connectivity index (χ3n) is 3.55. The molecule has 23 heavy (non-hydrogen) atoms. The Labute approximate surface area is 133 Å². The molecule has 3 rings (SSSR count). The first kappa shape index (κ1) is 14.8. The topological polar surface area (TPSA) is 59.2 Å². The summed E-state index contributed by atoms with van der Waals surface area (Å²) in [6.07, 6.45) is 3.71. The van der Waals surface area contributed by atoms with E-state index in [-0.39, 0.29) is 11.4 Å². The van der Waals surface area contributed by atoms with Crippen LogP contribution in [0.15, 0.2) is 59.4 Å². The molecule has 4 nitrogen and oxygen atoms in total. The van der Waals surface area contributed by atoms with Crippen LogP contribution in [0.3, 0.4) is 0 Å². The fraction of sp³-hybridized carbons (Fsp3) is 0.0526. The average molecular weight is 305 g/mol. The minimum Gasteiger partial charge on any atom is -0.465 e. The van der Waals surface area contributed by atoms with Crippen LogP contribution in [0.4, 0.5) is 0 Å². The maximum absolute atomic E-state index is 12.1. The molecule has 0 aliphatic rings. The molecule has 0 saturated carbocycles. The Morgan fingerprint density at radius 3 is 2.52 bits per heavy atom. The zero-order valence-electron chi connectivity index (χ0n) is 12.6. The van der Waals surface area contributed by atoms with Crippen LogP contribution in [0.1, 0.15) is 21.6 Å². The van der Waals surface area contributed by atoms with Gasteiger partial charge >= 0.3 is 5.97 Å². The molecule has 0 aliphatic heterocycles. The molecule has 0 saturated heterocycles. The number of aromatic amines is 1. The number of ether oxygens (including phenoxy) is 1. The van der Waals surface area contributed by atoms with Gasteiger partial charge in [0.15, 0.2) is 5.43 Å². The lowest BCUT2D eigenvalue weighted by molar-refractivity contribution is 0.0600. The summed E-state index contributed by atoms with van der Waals surface area (Å²) in [5.74, 6) is -0.362. The van der Waals surface area contributed by atoms with Crippen LogP contribution >= 0.6 is 0 Å². The lowest BCUT2D eigenvalue weighted by Gasteiger charge is -2.01. The zero-order valence-corrected chi connectivity index (χ0v) is 12.6. The second-order valence-corrected chi connectivity index (χ2v) is 5.08. The highest BCUT2D eigenvalue weighted by molar-refractivity contribution is 5.89. The molecule has 3 aromatic rings. The summed E-state index contributed by atoms with van der Waals surface area (Å²) in [6, 6.07) is 16.0. The van der Waals surface area contributed by atoms with Crippen LogP contribution in [0.2, 0.25) is 0 Å². The van der Waals surface area contributed by atoms with Gasteiger partial charge in [0.2, 0.25) is 0 Å². The fourth-order valence-corrected chi connectivity index (χ4v) is 2.34. The first-order chi connectivity index (χ1) is 11.2. The maximum atomic E-state index is 12.1. The van der Waals surface area contributed by atoms with Crippen LogP contribution in [0.5, 0.6) is 0 Å². The highest BCUT2D eigenvalue weighted by atomic mass is 16.5. The van der Waals surface area contributed by atoms with Crippen molar-refractivity contribution in [1.29, 1.82) is 0 Å². The van der Waals surface area contributed by atoms with Crippen molar-refractivity contribution in [2.75, 3.05) is 7.11 Å². The second-order valence-electron chi connectivity index (χ2n) is 5.08. The van der Waals surface area contributed by atoms with Crippen LogP contribution in [-0.4, -0.2) is 18.1 Å². The third kappa shape index (κ3) is 3.21. The molecule has 0 atom stereocenters. The van der Waals surface area contributed by atoms with Gasteiger partial charge in [-0.05, 0) is 35.9 Å². The maximum Gasteiger partial charge on any atom is 0.337 e. The number of para-hydroxylation sites is 1.